The maximum Gasteiger partial charge on any atom is 0.156 e. The fourth-order valence-electron chi connectivity index (χ4n) is 4.73. The molecule has 2 fully saturated rings. The molecule has 2 rings (SSSR count). The van der Waals surface area contributed by atoms with Crippen molar-refractivity contribution in [3.8, 4) is 0 Å². The smallest absolute Gasteiger partial charge is 0.156 e. The summed E-state index contributed by atoms with van der Waals surface area (Å²) in [6, 6.07) is 0. The third-order valence-electron chi connectivity index (χ3n) is 6.11. The SMILES string of the molecule is CCC1CCCCC1C(=O)C(CC)(CC)N1CCCC1. The van der Waals surface area contributed by atoms with E-state index in [1.54, 1.807) is 0 Å². The maximum atomic E-state index is 13.4. The van der Waals surface area contributed by atoms with Gasteiger partial charge in [0.1, 0.15) is 0 Å². The van der Waals surface area contributed by atoms with Crippen molar-refractivity contribution in [3.63, 3.8) is 0 Å². The van der Waals surface area contributed by atoms with E-state index in [9.17, 15) is 4.79 Å². The number of Topliss-reactive ketones (excluding diaryl/α,β-unsaturated/α-hetero) is 1. The summed E-state index contributed by atoms with van der Waals surface area (Å²) in [6.07, 6.45) is 10.7. The van der Waals surface area contributed by atoms with Crippen LogP contribution in [0, 0.1) is 11.8 Å². The largest absolute Gasteiger partial charge is 0.297 e. The van der Waals surface area contributed by atoms with E-state index in [-0.39, 0.29) is 5.54 Å². The molecule has 2 heteroatoms. The van der Waals surface area contributed by atoms with Crippen LogP contribution in [0.4, 0.5) is 0 Å². The normalized spacial score (nSPS) is 28.8. The molecule has 1 aliphatic carbocycles. The lowest BCUT2D eigenvalue weighted by Crippen LogP contribution is -2.56. The highest BCUT2D eigenvalue weighted by atomic mass is 16.1. The van der Waals surface area contributed by atoms with Crippen molar-refractivity contribution in [1.29, 1.82) is 0 Å². The van der Waals surface area contributed by atoms with Gasteiger partial charge in [-0.05, 0) is 57.5 Å². The second kappa shape index (κ2) is 7.06. The van der Waals surface area contributed by atoms with Crippen LogP contribution in [0.2, 0.25) is 0 Å². The summed E-state index contributed by atoms with van der Waals surface area (Å²) in [5.41, 5.74) is -0.147. The summed E-state index contributed by atoms with van der Waals surface area (Å²) in [6.45, 7) is 8.99. The number of rotatable bonds is 6. The molecule has 0 bridgehead atoms. The van der Waals surface area contributed by atoms with Crippen molar-refractivity contribution in [2.45, 2.75) is 84.1 Å². The average Bonchev–Trinajstić information content (AvgIpc) is 3.03. The Hall–Kier alpha value is -0.370. The van der Waals surface area contributed by atoms with E-state index >= 15 is 0 Å². The minimum Gasteiger partial charge on any atom is -0.297 e. The number of carbonyl (C=O) groups excluding carboxylic acids is 1. The highest BCUT2D eigenvalue weighted by Gasteiger charge is 2.46. The first kappa shape index (κ1) is 16.0. The van der Waals surface area contributed by atoms with Gasteiger partial charge in [-0.3, -0.25) is 9.69 Å². The number of ketones is 1. The molecule has 0 radical (unpaired) electrons. The molecule has 20 heavy (non-hydrogen) atoms. The van der Waals surface area contributed by atoms with Crippen molar-refractivity contribution in [2.24, 2.45) is 11.8 Å². The van der Waals surface area contributed by atoms with Gasteiger partial charge in [-0.15, -0.1) is 0 Å². The molecule has 1 heterocycles. The monoisotopic (exact) mass is 279 g/mol. The molecule has 0 aromatic carbocycles. The van der Waals surface area contributed by atoms with E-state index < -0.39 is 0 Å². The van der Waals surface area contributed by atoms with Crippen LogP contribution in [0.3, 0.4) is 0 Å². The summed E-state index contributed by atoms with van der Waals surface area (Å²) in [7, 11) is 0. The molecular formula is C18H33NO. The Kier molecular flexibility index (Phi) is 5.65. The van der Waals surface area contributed by atoms with Gasteiger partial charge in [-0.25, -0.2) is 0 Å². The maximum absolute atomic E-state index is 13.4. The zero-order valence-electron chi connectivity index (χ0n) is 13.8. The molecule has 0 aromatic heterocycles. The molecule has 2 aliphatic rings. The summed E-state index contributed by atoms with van der Waals surface area (Å²) in [5.74, 6) is 1.58. The first-order valence-electron chi connectivity index (χ1n) is 8.99. The predicted molar refractivity (Wildman–Crippen MR) is 84.9 cm³/mol. The zero-order chi connectivity index (χ0) is 14.6. The van der Waals surface area contributed by atoms with Crippen LogP contribution in [0.1, 0.15) is 78.6 Å². The summed E-state index contributed by atoms with van der Waals surface area (Å²) in [5, 5.41) is 0. The van der Waals surface area contributed by atoms with Crippen molar-refractivity contribution in [2.75, 3.05) is 13.1 Å². The Morgan fingerprint density at radius 1 is 1.00 bits per heavy atom. The van der Waals surface area contributed by atoms with Gasteiger partial charge in [0.2, 0.25) is 0 Å². The first-order valence-corrected chi connectivity index (χ1v) is 8.99. The predicted octanol–water partition coefficient (Wildman–Crippen LogP) is 4.43. The van der Waals surface area contributed by atoms with Crippen LogP contribution in [-0.2, 0) is 4.79 Å². The number of hydrogen-bond acceptors (Lipinski definition) is 2. The van der Waals surface area contributed by atoms with Crippen LogP contribution < -0.4 is 0 Å². The van der Waals surface area contributed by atoms with Crippen LogP contribution in [0.5, 0.6) is 0 Å². The molecule has 0 aromatic rings. The van der Waals surface area contributed by atoms with Crippen molar-refractivity contribution >= 4 is 5.78 Å². The minimum atomic E-state index is -0.147. The standard InChI is InChI=1S/C18H33NO/c1-4-15-11-7-8-12-16(15)17(20)18(5-2,6-3)19-13-9-10-14-19/h15-16H,4-14H2,1-3H3. The lowest BCUT2D eigenvalue weighted by molar-refractivity contribution is -0.138. The highest BCUT2D eigenvalue weighted by molar-refractivity contribution is 5.90. The topological polar surface area (TPSA) is 20.3 Å². The molecule has 1 aliphatic heterocycles. The van der Waals surface area contributed by atoms with Gasteiger partial charge in [0, 0.05) is 5.92 Å². The van der Waals surface area contributed by atoms with Crippen LogP contribution in [-0.4, -0.2) is 29.3 Å². The second-order valence-electron chi connectivity index (χ2n) is 6.86. The molecule has 0 amide bonds. The van der Waals surface area contributed by atoms with Gasteiger partial charge >= 0.3 is 0 Å². The highest BCUT2D eigenvalue weighted by Crippen LogP contribution is 2.39. The van der Waals surface area contributed by atoms with Gasteiger partial charge in [-0.2, -0.15) is 0 Å². The van der Waals surface area contributed by atoms with E-state index in [1.165, 1.54) is 38.5 Å². The van der Waals surface area contributed by atoms with Gasteiger partial charge in [0.05, 0.1) is 5.54 Å². The molecular weight excluding hydrogens is 246 g/mol. The van der Waals surface area contributed by atoms with Crippen molar-refractivity contribution < 1.29 is 4.79 Å². The van der Waals surface area contributed by atoms with Gasteiger partial charge in [-0.1, -0.05) is 40.0 Å². The summed E-state index contributed by atoms with van der Waals surface area (Å²) in [4.78, 5) is 15.9. The average molecular weight is 279 g/mol. The fourth-order valence-corrected chi connectivity index (χ4v) is 4.73. The lowest BCUT2D eigenvalue weighted by Gasteiger charge is -2.44. The number of nitrogens with zero attached hydrogens (tertiary/aromatic N) is 1. The minimum absolute atomic E-state index is 0.147. The molecule has 2 unspecified atom stereocenters. The van der Waals surface area contributed by atoms with Crippen molar-refractivity contribution in [3.05, 3.63) is 0 Å². The number of hydrogen-bond donors (Lipinski definition) is 0. The third-order valence-corrected chi connectivity index (χ3v) is 6.11. The molecule has 0 N–H and O–H groups in total. The zero-order valence-corrected chi connectivity index (χ0v) is 13.8. The Morgan fingerprint density at radius 2 is 1.60 bits per heavy atom. The van der Waals surface area contributed by atoms with Gasteiger partial charge in [0.15, 0.2) is 5.78 Å². The quantitative estimate of drug-likeness (QED) is 0.717. The molecule has 1 saturated carbocycles. The lowest BCUT2D eigenvalue weighted by atomic mass is 9.69. The fraction of sp³-hybridized carbons (Fsp3) is 0.944. The summed E-state index contributed by atoms with van der Waals surface area (Å²) < 4.78 is 0. The van der Waals surface area contributed by atoms with E-state index in [0.717, 1.165) is 32.4 Å². The Morgan fingerprint density at radius 3 is 2.15 bits per heavy atom. The number of likely N-dealkylation sites (tertiary alicyclic amines) is 1. The van der Waals surface area contributed by atoms with Gasteiger partial charge < -0.3 is 0 Å². The van der Waals surface area contributed by atoms with E-state index in [0.29, 0.717) is 17.6 Å². The van der Waals surface area contributed by atoms with Crippen LogP contribution in [0.25, 0.3) is 0 Å². The number of carbonyl (C=O) groups is 1. The molecule has 2 nitrogen and oxygen atoms in total. The Bertz CT molecular complexity index is 315. The molecule has 1 saturated heterocycles. The van der Waals surface area contributed by atoms with E-state index in [1.807, 2.05) is 0 Å². The second-order valence-corrected chi connectivity index (χ2v) is 6.86. The van der Waals surface area contributed by atoms with E-state index in [2.05, 4.69) is 25.7 Å². The summed E-state index contributed by atoms with van der Waals surface area (Å²) >= 11 is 0. The first-order chi connectivity index (χ1) is 9.69. The third kappa shape index (κ3) is 2.81. The van der Waals surface area contributed by atoms with Crippen molar-refractivity contribution in [1.82, 2.24) is 4.90 Å². The van der Waals surface area contributed by atoms with E-state index in [4.69, 9.17) is 0 Å². The molecule has 0 spiro atoms. The Labute approximate surface area is 125 Å². The molecule has 116 valence electrons. The van der Waals surface area contributed by atoms with Gasteiger partial charge in [0.25, 0.3) is 0 Å². The Balaban J connectivity index is 2.20. The van der Waals surface area contributed by atoms with Crippen LogP contribution in [0.15, 0.2) is 0 Å². The molecule has 2 atom stereocenters. The van der Waals surface area contributed by atoms with Crippen LogP contribution >= 0.6 is 0 Å².